The highest BCUT2D eigenvalue weighted by atomic mass is 28.2. The van der Waals surface area contributed by atoms with E-state index >= 15 is 0 Å². The first-order valence-electron chi connectivity index (χ1n) is 4.77. The lowest BCUT2D eigenvalue weighted by Crippen LogP contribution is -2.33. The standard InChI is InChI=1S/C12H10OSi/c1-3-7-11-9(5-1)13-10-6-2-4-8-12(10)14-11/h1-8H,14H2. The summed E-state index contributed by atoms with van der Waals surface area (Å²) < 4.78 is 5.81. The van der Waals surface area contributed by atoms with Gasteiger partial charge in [-0.1, -0.05) is 36.4 Å². The largest absolute Gasteiger partial charge is 0.458 e. The first kappa shape index (κ1) is 7.82. The molecular weight excluding hydrogens is 188 g/mol. The molecule has 1 aliphatic heterocycles. The molecule has 0 bridgehead atoms. The van der Waals surface area contributed by atoms with E-state index in [9.17, 15) is 0 Å². The topological polar surface area (TPSA) is 9.23 Å². The predicted molar refractivity (Wildman–Crippen MR) is 60.8 cm³/mol. The molecule has 0 amide bonds. The van der Waals surface area contributed by atoms with E-state index in [1.54, 1.807) is 0 Å². The summed E-state index contributed by atoms with van der Waals surface area (Å²) in [6.07, 6.45) is 0. The van der Waals surface area contributed by atoms with Crippen molar-refractivity contribution in [3.8, 4) is 11.5 Å². The maximum Gasteiger partial charge on any atom is 0.126 e. The van der Waals surface area contributed by atoms with E-state index in [2.05, 4.69) is 36.4 Å². The van der Waals surface area contributed by atoms with E-state index in [0.29, 0.717) is 0 Å². The first-order chi connectivity index (χ1) is 6.93. The van der Waals surface area contributed by atoms with Gasteiger partial charge in [0, 0.05) is 0 Å². The van der Waals surface area contributed by atoms with Crippen LogP contribution in [0.2, 0.25) is 0 Å². The zero-order valence-corrected chi connectivity index (χ0v) is 9.15. The number of para-hydroxylation sites is 2. The van der Waals surface area contributed by atoms with Crippen LogP contribution in [0, 0.1) is 0 Å². The van der Waals surface area contributed by atoms with Crippen LogP contribution in [0.1, 0.15) is 0 Å². The van der Waals surface area contributed by atoms with Gasteiger partial charge in [0.25, 0.3) is 0 Å². The molecule has 14 heavy (non-hydrogen) atoms. The van der Waals surface area contributed by atoms with Crippen LogP contribution in [0.5, 0.6) is 11.5 Å². The highest BCUT2D eigenvalue weighted by Gasteiger charge is 2.15. The summed E-state index contributed by atoms with van der Waals surface area (Å²) in [5, 5.41) is 2.82. The monoisotopic (exact) mass is 198 g/mol. The molecular formula is C12H10OSi. The summed E-state index contributed by atoms with van der Waals surface area (Å²) in [5.74, 6) is 2.11. The lowest BCUT2D eigenvalue weighted by atomic mass is 10.3. The van der Waals surface area contributed by atoms with Gasteiger partial charge in [-0.3, -0.25) is 0 Å². The molecule has 68 valence electrons. The molecule has 0 aromatic heterocycles. The summed E-state index contributed by atoms with van der Waals surface area (Å²) >= 11 is 0. The van der Waals surface area contributed by atoms with E-state index in [0.717, 1.165) is 11.5 Å². The van der Waals surface area contributed by atoms with E-state index in [1.165, 1.54) is 10.4 Å². The van der Waals surface area contributed by atoms with Crippen molar-refractivity contribution in [1.82, 2.24) is 0 Å². The third kappa shape index (κ3) is 1.15. The van der Waals surface area contributed by atoms with Gasteiger partial charge in [-0.25, -0.2) is 0 Å². The summed E-state index contributed by atoms with van der Waals surface area (Å²) in [6.45, 7) is 0. The van der Waals surface area contributed by atoms with E-state index in [1.807, 2.05) is 12.1 Å². The molecule has 2 aromatic rings. The predicted octanol–water partition coefficient (Wildman–Crippen LogP) is 0.912. The molecule has 1 aliphatic rings. The molecule has 0 atom stereocenters. The van der Waals surface area contributed by atoms with Gasteiger partial charge in [0.15, 0.2) is 0 Å². The van der Waals surface area contributed by atoms with Crippen molar-refractivity contribution in [3.05, 3.63) is 48.5 Å². The van der Waals surface area contributed by atoms with Gasteiger partial charge in [-0.15, -0.1) is 0 Å². The van der Waals surface area contributed by atoms with Crippen molar-refractivity contribution in [2.24, 2.45) is 0 Å². The molecule has 0 aliphatic carbocycles. The Hall–Kier alpha value is -1.54. The van der Waals surface area contributed by atoms with Crippen molar-refractivity contribution in [3.63, 3.8) is 0 Å². The van der Waals surface area contributed by atoms with Crippen molar-refractivity contribution < 1.29 is 4.74 Å². The highest BCUT2D eigenvalue weighted by molar-refractivity contribution is 6.69. The quantitative estimate of drug-likeness (QED) is 0.488. The fourth-order valence-corrected chi connectivity index (χ4v) is 3.47. The average molecular weight is 198 g/mol. The Kier molecular flexibility index (Phi) is 1.67. The van der Waals surface area contributed by atoms with Crippen LogP contribution in [0.4, 0.5) is 0 Å². The van der Waals surface area contributed by atoms with Crippen molar-refractivity contribution in [2.75, 3.05) is 0 Å². The smallest absolute Gasteiger partial charge is 0.126 e. The molecule has 1 nitrogen and oxygen atoms in total. The molecule has 1 heterocycles. The zero-order valence-electron chi connectivity index (χ0n) is 7.73. The Morgan fingerprint density at radius 2 is 1.21 bits per heavy atom. The van der Waals surface area contributed by atoms with Crippen LogP contribution >= 0.6 is 0 Å². The fourth-order valence-electron chi connectivity index (χ4n) is 1.82. The van der Waals surface area contributed by atoms with Gasteiger partial charge in [0.2, 0.25) is 0 Å². The summed E-state index contributed by atoms with van der Waals surface area (Å²) in [6, 6.07) is 16.7. The minimum Gasteiger partial charge on any atom is -0.458 e. The van der Waals surface area contributed by atoms with Crippen molar-refractivity contribution >= 4 is 19.9 Å². The molecule has 0 spiro atoms. The Morgan fingerprint density at radius 1 is 0.714 bits per heavy atom. The molecule has 0 saturated carbocycles. The summed E-state index contributed by atoms with van der Waals surface area (Å²) in [4.78, 5) is 0. The van der Waals surface area contributed by atoms with Gasteiger partial charge >= 0.3 is 0 Å². The van der Waals surface area contributed by atoms with Crippen LogP contribution in [0.15, 0.2) is 48.5 Å². The van der Waals surface area contributed by atoms with Crippen molar-refractivity contribution in [2.45, 2.75) is 0 Å². The number of ether oxygens (including phenoxy) is 1. The molecule has 0 fully saturated rings. The Balaban J connectivity index is 2.12. The number of benzene rings is 2. The third-order valence-corrected chi connectivity index (χ3v) is 4.48. The van der Waals surface area contributed by atoms with Gasteiger partial charge in [0.05, 0.1) is 9.52 Å². The second-order valence-electron chi connectivity index (χ2n) is 3.49. The number of rotatable bonds is 0. The van der Waals surface area contributed by atoms with E-state index in [-0.39, 0.29) is 9.52 Å². The van der Waals surface area contributed by atoms with Gasteiger partial charge in [-0.05, 0) is 22.5 Å². The van der Waals surface area contributed by atoms with Crippen LogP contribution in [0.25, 0.3) is 0 Å². The lowest BCUT2D eigenvalue weighted by Gasteiger charge is -2.19. The van der Waals surface area contributed by atoms with E-state index < -0.39 is 0 Å². The normalized spacial score (nSPS) is 12.6. The zero-order chi connectivity index (χ0) is 9.38. The molecule has 0 N–H and O–H groups in total. The van der Waals surface area contributed by atoms with Crippen molar-refractivity contribution in [1.29, 1.82) is 0 Å². The lowest BCUT2D eigenvalue weighted by molar-refractivity contribution is 0.488. The van der Waals surface area contributed by atoms with Gasteiger partial charge in [0.1, 0.15) is 11.5 Å². The Morgan fingerprint density at radius 3 is 1.79 bits per heavy atom. The van der Waals surface area contributed by atoms with Crippen LogP contribution < -0.4 is 15.1 Å². The highest BCUT2D eigenvalue weighted by Crippen LogP contribution is 2.20. The maximum absolute atomic E-state index is 5.81. The summed E-state index contributed by atoms with van der Waals surface area (Å²) in [7, 11) is -0.320. The van der Waals surface area contributed by atoms with Gasteiger partial charge in [-0.2, -0.15) is 0 Å². The molecule has 2 aromatic carbocycles. The molecule has 3 rings (SSSR count). The molecule has 0 unspecified atom stereocenters. The van der Waals surface area contributed by atoms with Gasteiger partial charge < -0.3 is 4.74 Å². The SMILES string of the molecule is c1ccc2c(c1)Oc1ccccc1[SiH2]2. The van der Waals surface area contributed by atoms with Crippen LogP contribution in [0.3, 0.4) is 0 Å². The van der Waals surface area contributed by atoms with Crippen LogP contribution in [-0.2, 0) is 0 Å². The minimum absolute atomic E-state index is 0.320. The molecule has 2 heteroatoms. The fraction of sp³-hybridized carbons (Fsp3) is 0. The molecule has 0 saturated heterocycles. The Labute approximate surface area is 85.2 Å². The average Bonchev–Trinajstić information content (AvgIpc) is 2.26. The maximum atomic E-state index is 5.81. The second kappa shape index (κ2) is 2.99. The second-order valence-corrected chi connectivity index (χ2v) is 5.37. The number of hydrogen-bond donors (Lipinski definition) is 0. The minimum atomic E-state index is -0.320. The third-order valence-electron chi connectivity index (χ3n) is 2.55. The number of hydrogen-bond acceptors (Lipinski definition) is 1. The first-order valence-corrected chi connectivity index (χ1v) is 6.18. The molecule has 0 radical (unpaired) electrons. The van der Waals surface area contributed by atoms with Crippen LogP contribution in [-0.4, -0.2) is 9.52 Å². The van der Waals surface area contributed by atoms with E-state index in [4.69, 9.17) is 4.74 Å². The summed E-state index contributed by atoms with van der Waals surface area (Å²) in [5.41, 5.74) is 0. The Bertz CT molecular complexity index is 392. The number of fused-ring (bicyclic) bond motifs is 2.